The van der Waals surface area contributed by atoms with Gasteiger partial charge in [-0.25, -0.2) is 0 Å². The highest BCUT2D eigenvalue weighted by Gasteiger charge is 2.26. The van der Waals surface area contributed by atoms with E-state index in [2.05, 4.69) is 78.2 Å². The predicted molar refractivity (Wildman–Crippen MR) is 134 cm³/mol. The molecule has 2 aromatic carbocycles. The maximum absolute atomic E-state index is 13.4. The smallest absolute Gasteiger partial charge is 0.271 e. The molecule has 5 rings (SSSR count). The quantitative estimate of drug-likeness (QED) is 0.429. The Balaban J connectivity index is 1.73. The van der Waals surface area contributed by atoms with Crippen LogP contribution in [0, 0.1) is 6.92 Å². The molecule has 158 valence electrons. The Morgan fingerprint density at radius 3 is 2.71 bits per heavy atom. The largest absolute Gasteiger partial charge is 0.336 e. The third-order valence-corrected chi connectivity index (χ3v) is 9.25. The number of aryl methyl sites for hydroxylation is 1. The molecule has 3 heterocycles. The summed E-state index contributed by atoms with van der Waals surface area (Å²) in [6.07, 6.45) is 2.17. The third kappa shape index (κ3) is 3.26. The summed E-state index contributed by atoms with van der Waals surface area (Å²) in [6.45, 7) is 7.92. The van der Waals surface area contributed by atoms with Crippen LogP contribution < -0.4 is 24.2 Å². The number of benzene rings is 2. The minimum absolute atomic E-state index is 0.0986. The van der Waals surface area contributed by atoms with Crippen molar-refractivity contribution >= 4 is 62.0 Å². The van der Waals surface area contributed by atoms with E-state index in [1.54, 1.807) is 34.4 Å². The molecule has 31 heavy (non-hydrogen) atoms. The van der Waals surface area contributed by atoms with E-state index in [1.807, 2.05) is 11.5 Å². The van der Waals surface area contributed by atoms with Gasteiger partial charge in [-0.2, -0.15) is 4.57 Å². The van der Waals surface area contributed by atoms with Gasteiger partial charge in [0.05, 0.1) is 17.1 Å². The van der Waals surface area contributed by atoms with Crippen LogP contribution in [0.3, 0.4) is 0 Å². The van der Waals surface area contributed by atoms with Crippen molar-refractivity contribution in [3.63, 3.8) is 0 Å². The van der Waals surface area contributed by atoms with Crippen molar-refractivity contribution in [1.82, 2.24) is 4.57 Å². The van der Waals surface area contributed by atoms with Gasteiger partial charge < -0.3 is 4.90 Å². The minimum atomic E-state index is 0.0986. The maximum atomic E-state index is 13.4. The van der Waals surface area contributed by atoms with Crippen molar-refractivity contribution in [2.45, 2.75) is 38.8 Å². The SMILES string of the molecule is CCn1c(=O)/c(=C2/Sc3ccc4ccccc4c3N2C)s/c1=C/c1scc(C)[n+]1CC. The molecule has 0 saturated heterocycles. The summed E-state index contributed by atoms with van der Waals surface area (Å²) >= 11 is 5.03. The van der Waals surface area contributed by atoms with Gasteiger partial charge in [0.15, 0.2) is 5.69 Å². The van der Waals surface area contributed by atoms with Crippen molar-refractivity contribution in [3.05, 3.63) is 72.0 Å². The normalized spacial score (nSPS) is 15.9. The number of fused-ring (bicyclic) bond motifs is 3. The molecule has 0 fully saturated rings. The van der Waals surface area contributed by atoms with Crippen LogP contribution in [0.25, 0.3) is 21.9 Å². The Kier molecular flexibility index (Phi) is 5.28. The Labute approximate surface area is 193 Å². The lowest BCUT2D eigenvalue weighted by Crippen LogP contribution is -2.37. The fraction of sp³-hybridized carbons (Fsp3) is 0.250. The second-order valence-corrected chi connectivity index (χ2v) is 10.5. The van der Waals surface area contributed by atoms with Gasteiger partial charge in [0.25, 0.3) is 10.6 Å². The second kappa shape index (κ2) is 7.97. The zero-order chi connectivity index (χ0) is 21.7. The van der Waals surface area contributed by atoms with Crippen LogP contribution in [0.5, 0.6) is 0 Å². The molecule has 0 aliphatic carbocycles. The van der Waals surface area contributed by atoms with E-state index in [1.165, 1.54) is 32.1 Å². The van der Waals surface area contributed by atoms with E-state index in [4.69, 9.17) is 0 Å². The van der Waals surface area contributed by atoms with Gasteiger partial charge >= 0.3 is 0 Å². The highest BCUT2D eigenvalue weighted by molar-refractivity contribution is 8.08. The van der Waals surface area contributed by atoms with E-state index in [-0.39, 0.29) is 5.56 Å². The van der Waals surface area contributed by atoms with Crippen LogP contribution in [0.1, 0.15) is 24.5 Å². The molecule has 7 heteroatoms. The Hall–Kier alpha value is -2.35. The Morgan fingerprint density at radius 1 is 1.13 bits per heavy atom. The third-order valence-electron chi connectivity index (χ3n) is 5.74. The molecule has 0 saturated carbocycles. The zero-order valence-electron chi connectivity index (χ0n) is 18.0. The van der Waals surface area contributed by atoms with Crippen molar-refractivity contribution in [1.29, 1.82) is 0 Å². The molecule has 0 amide bonds. The van der Waals surface area contributed by atoms with E-state index < -0.39 is 0 Å². The standard InChI is InChI=1S/C24H24N3OS3/c1-5-26-15(3)14-29-19(26)13-20-27(6-2)23(28)22(31-20)24-25(4)21-17-10-8-7-9-16(17)11-12-18(21)30-24/h7-14H,5-6H2,1-4H3/q+1/b24-22-. The molecule has 0 N–H and O–H groups in total. The molecule has 0 radical (unpaired) electrons. The van der Waals surface area contributed by atoms with Crippen molar-refractivity contribution in [3.8, 4) is 0 Å². The first-order valence-corrected chi connectivity index (χ1v) is 12.9. The lowest BCUT2D eigenvalue weighted by molar-refractivity contribution is -0.696. The summed E-state index contributed by atoms with van der Waals surface area (Å²) in [4.78, 5) is 16.8. The first kappa shape index (κ1) is 20.5. The fourth-order valence-electron chi connectivity index (χ4n) is 4.17. The average molecular weight is 467 g/mol. The van der Waals surface area contributed by atoms with E-state index in [9.17, 15) is 4.79 Å². The highest BCUT2D eigenvalue weighted by atomic mass is 32.2. The molecular weight excluding hydrogens is 442 g/mol. The van der Waals surface area contributed by atoms with Gasteiger partial charge in [-0.1, -0.05) is 53.4 Å². The first-order valence-electron chi connectivity index (χ1n) is 10.4. The van der Waals surface area contributed by atoms with Crippen LogP contribution in [0.15, 0.2) is 51.5 Å². The van der Waals surface area contributed by atoms with Gasteiger partial charge in [-0.15, -0.1) is 11.3 Å². The number of hydrogen-bond donors (Lipinski definition) is 0. The van der Waals surface area contributed by atoms with Gasteiger partial charge in [-0.3, -0.25) is 9.36 Å². The molecular formula is C24H24N3OS3+. The van der Waals surface area contributed by atoms with Gasteiger partial charge in [0.2, 0.25) is 0 Å². The maximum Gasteiger partial charge on any atom is 0.271 e. The number of thioether (sulfide) groups is 1. The summed E-state index contributed by atoms with van der Waals surface area (Å²) in [7, 11) is 2.08. The van der Waals surface area contributed by atoms with Crippen molar-refractivity contribution in [2.24, 2.45) is 0 Å². The van der Waals surface area contributed by atoms with E-state index in [0.29, 0.717) is 6.54 Å². The van der Waals surface area contributed by atoms with Crippen LogP contribution in [0.4, 0.5) is 5.69 Å². The topological polar surface area (TPSA) is 29.1 Å². The monoisotopic (exact) mass is 466 g/mol. The number of hydrogen-bond acceptors (Lipinski definition) is 5. The zero-order valence-corrected chi connectivity index (χ0v) is 20.5. The van der Waals surface area contributed by atoms with Crippen LogP contribution in [0.2, 0.25) is 0 Å². The van der Waals surface area contributed by atoms with Gasteiger partial charge in [0, 0.05) is 30.8 Å². The van der Waals surface area contributed by atoms with Crippen LogP contribution in [-0.4, -0.2) is 11.6 Å². The van der Waals surface area contributed by atoms with Crippen molar-refractivity contribution in [2.75, 3.05) is 11.9 Å². The predicted octanol–water partition coefficient (Wildman–Crippen LogP) is 3.90. The lowest BCUT2D eigenvalue weighted by Gasteiger charge is -2.15. The minimum Gasteiger partial charge on any atom is -0.336 e. The highest BCUT2D eigenvalue weighted by Crippen LogP contribution is 2.48. The molecule has 4 aromatic rings. The molecule has 1 aliphatic heterocycles. The second-order valence-electron chi connectivity index (χ2n) is 7.52. The van der Waals surface area contributed by atoms with Gasteiger partial charge in [0.1, 0.15) is 20.8 Å². The molecule has 1 aliphatic rings. The van der Waals surface area contributed by atoms with Gasteiger partial charge in [-0.05, 0) is 25.3 Å². The number of nitrogens with zero attached hydrogens (tertiary/aromatic N) is 3. The molecule has 4 nitrogen and oxygen atoms in total. The Morgan fingerprint density at radius 2 is 1.94 bits per heavy atom. The van der Waals surface area contributed by atoms with Crippen LogP contribution >= 0.6 is 34.4 Å². The van der Waals surface area contributed by atoms with Crippen LogP contribution in [-0.2, 0) is 13.1 Å². The summed E-state index contributed by atoms with van der Waals surface area (Å²) in [5.41, 5.74) is 2.54. The Bertz CT molecular complexity index is 1490. The molecule has 0 bridgehead atoms. The summed E-state index contributed by atoms with van der Waals surface area (Å²) in [6, 6.07) is 12.8. The van der Waals surface area contributed by atoms with E-state index in [0.717, 1.165) is 20.8 Å². The molecule has 0 unspecified atom stereocenters. The summed E-state index contributed by atoms with van der Waals surface area (Å²) < 4.78 is 6.02. The average Bonchev–Trinajstić information content (AvgIpc) is 3.41. The fourth-order valence-corrected chi connectivity index (χ4v) is 7.72. The van der Waals surface area contributed by atoms with E-state index >= 15 is 0 Å². The number of aromatic nitrogens is 2. The molecule has 0 atom stereocenters. The number of anilines is 1. The number of thiazole rings is 2. The summed E-state index contributed by atoms with van der Waals surface area (Å²) in [5, 5.41) is 6.83. The number of rotatable bonds is 3. The summed E-state index contributed by atoms with van der Waals surface area (Å²) in [5.74, 6) is 0. The molecule has 0 spiro atoms. The first-order chi connectivity index (χ1) is 15.0. The van der Waals surface area contributed by atoms with Crippen molar-refractivity contribution < 1.29 is 4.57 Å². The lowest BCUT2D eigenvalue weighted by atomic mass is 10.1. The molecule has 2 aromatic heterocycles.